The van der Waals surface area contributed by atoms with Crippen molar-refractivity contribution in [3.63, 3.8) is 0 Å². The van der Waals surface area contributed by atoms with Crippen LogP contribution in [0.25, 0.3) is 5.65 Å². The highest BCUT2D eigenvalue weighted by Crippen LogP contribution is 2.20. The van der Waals surface area contributed by atoms with Crippen LogP contribution in [0.2, 0.25) is 0 Å². The number of hydrogen-bond donors (Lipinski definition) is 0. The lowest BCUT2D eigenvalue weighted by molar-refractivity contribution is 0.179. The van der Waals surface area contributed by atoms with E-state index in [9.17, 15) is 9.00 Å². The van der Waals surface area contributed by atoms with Crippen molar-refractivity contribution in [3.8, 4) is 0 Å². The smallest absolute Gasteiger partial charge is 0.415 e. The van der Waals surface area contributed by atoms with E-state index in [0.717, 1.165) is 4.90 Å². The third-order valence-corrected chi connectivity index (χ3v) is 4.94. The van der Waals surface area contributed by atoms with Crippen LogP contribution < -0.4 is 4.90 Å². The standard InChI is InChI=1S/C17H17N3O3S/c1-3-20(17(21)23-2)16-12-19-11-14(9-10-15(19)18-16)24(22)13-7-5-4-6-8-13/h4-12H,3H2,1-2H3. The number of pyridine rings is 1. The van der Waals surface area contributed by atoms with Gasteiger partial charge in [-0.2, -0.15) is 0 Å². The molecule has 0 bridgehead atoms. The van der Waals surface area contributed by atoms with Gasteiger partial charge in [-0.05, 0) is 31.2 Å². The maximum Gasteiger partial charge on any atom is 0.415 e. The average Bonchev–Trinajstić information content (AvgIpc) is 3.04. The molecule has 7 heteroatoms. The van der Waals surface area contributed by atoms with Crippen molar-refractivity contribution in [2.45, 2.75) is 16.7 Å². The molecule has 0 aliphatic heterocycles. The fraction of sp³-hybridized carbons (Fsp3) is 0.176. The predicted molar refractivity (Wildman–Crippen MR) is 91.7 cm³/mol. The molecule has 0 fully saturated rings. The summed E-state index contributed by atoms with van der Waals surface area (Å²) in [4.78, 5) is 19.0. The summed E-state index contributed by atoms with van der Waals surface area (Å²) in [6.07, 6.45) is 3.02. The summed E-state index contributed by atoms with van der Waals surface area (Å²) in [7, 11) is 0.0649. The van der Waals surface area contributed by atoms with E-state index in [1.165, 1.54) is 12.0 Å². The molecule has 0 saturated heterocycles. The summed E-state index contributed by atoms with van der Waals surface area (Å²) in [6, 6.07) is 12.8. The van der Waals surface area contributed by atoms with Crippen molar-refractivity contribution < 1.29 is 13.7 Å². The van der Waals surface area contributed by atoms with Gasteiger partial charge in [0.1, 0.15) is 5.65 Å². The van der Waals surface area contributed by atoms with Gasteiger partial charge in [0, 0.05) is 17.6 Å². The van der Waals surface area contributed by atoms with E-state index >= 15 is 0 Å². The van der Waals surface area contributed by atoms with Crippen LogP contribution in [-0.4, -0.2) is 33.3 Å². The van der Waals surface area contributed by atoms with Crippen molar-refractivity contribution in [1.82, 2.24) is 9.38 Å². The van der Waals surface area contributed by atoms with Gasteiger partial charge in [-0.25, -0.2) is 14.0 Å². The largest absolute Gasteiger partial charge is 0.452 e. The third kappa shape index (κ3) is 3.03. The van der Waals surface area contributed by atoms with Crippen molar-refractivity contribution in [1.29, 1.82) is 0 Å². The van der Waals surface area contributed by atoms with E-state index in [1.807, 2.05) is 37.3 Å². The van der Waals surface area contributed by atoms with Crippen molar-refractivity contribution >= 4 is 28.4 Å². The Morgan fingerprint density at radius 2 is 1.92 bits per heavy atom. The Labute approximate surface area is 142 Å². The molecule has 0 radical (unpaired) electrons. The van der Waals surface area contributed by atoms with Gasteiger partial charge in [0.05, 0.1) is 29.0 Å². The maximum atomic E-state index is 12.6. The van der Waals surface area contributed by atoms with Gasteiger partial charge in [0.15, 0.2) is 5.82 Å². The molecule has 2 aromatic heterocycles. The molecule has 0 saturated carbocycles. The first-order chi connectivity index (χ1) is 11.6. The zero-order valence-corrected chi connectivity index (χ0v) is 14.2. The zero-order valence-electron chi connectivity index (χ0n) is 13.4. The molecule has 3 aromatic rings. The highest BCUT2D eigenvalue weighted by molar-refractivity contribution is 7.85. The van der Waals surface area contributed by atoms with Gasteiger partial charge < -0.3 is 9.14 Å². The number of aromatic nitrogens is 2. The molecular formula is C17H17N3O3S. The first kappa shape index (κ1) is 16.2. The number of imidazole rings is 1. The highest BCUT2D eigenvalue weighted by Gasteiger charge is 2.17. The van der Waals surface area contributed by atoms with Gasteiger partial charge in [0.2, 0.25) is 0 Å². The lowest BCUT2D eigenvalue weighted by Crippen LogP contribution is -2.30. The summed E-state index contributed by atoms with van der Waals surface area (Å²) < 4.78 is 19.2. The number of rotatable bonds is 4. The van der Waals surface area contributed by atoms with Crippen LogP contribution in [0.5, 0.6) is 0 Å². The number of fused-ring (bicyclic) bond motifs is 1. The van der Waals surface area contributed by atoms with Gasteiger partial charge in [-0.15, -0.1) is 0 Å². The number of nitrogens with zero attached hydrogens (tertiary/aromatic N) is 3. The Hall–Kier alpha value is -2.67. The fourth-order valence-corrected chi connectivity index (χ4v) is 3.45. The second kappa shape index (κ2) is 6.84. The first-order valence-electron chi connectivity index (χ1n) is 7.45. The Morgan fingerprint density at radius 3 is 2.58 bits per heavy atom. The molecule has 2 heterocycles. The Morgan fingerprint density at radius 1 is 1.17 bits per heavy atom. The molecule has 1 aromatic carbocycles. The van der Waals surface area contributed by atoms with Crippen LogP contribution in [-0.2, 0) is 15.5 Å². The SMILES string of the molecule is CCN(C(=O)OC)c1cn2cc(S(=O)c3ccccc3)ccc2n1. The Bertz CT molecular complexity index is 892. The number of methoxy groups -OCH3 is 1. The summed E-state index contributed by atoms with van der Waals surface area (Å²) >= 11 is 0. The number of hydrogen-bond acceptors (Lipinski definition) is 4. The lowest BCUT2D eigenvalue weighted by Gasteiger charge is -2.15. The van der Waals surface area contributed by atoms with Crippen molar-refractivity contribution in [2.75, 3.05) is 18.6 Å². The third-order valence-electron chi connectivity index (χ3n) is 3.57. The molecule has 3 rings (SSSR count). The van der Waals surface area contributed by atoms with Gasteiger partial charge in [-0.1, -0.05) is 18.2 Å². The molecule has 0 N–H and O–H groups in total. The zero-order chi connectivity index (χ0) is 17.1. The summed E-state index contributed by atoms with van der Waals surface area (Å²) in [5.41, 5.74) is 0.668. The molecule has 1 unspecified atom stereocenters. The topological polar surface area (TPSA) is 63.9 Å². The number of carbonyl (C=O) groups excluding carboxylic acids is 1. The van der Waals surface area contributed by atoms with Crippen LogP contribution in [0.1, 0.15) is 6.92 Å². The summed E-state index contributed by atoms with van der Waals surface area (Å²) in [5.74, 6) is 0.493. The van der Waals surface area contributed by atoms with Crippen molar-refractivity contribution in [3.05, 3.63) is 54.9 Å². The van der Waals surface area contributed by atoms with Gasteiger partial charge >= 0.3 is 6.09 Å². The summed E-state index contributed by atoms with van der Waals surface area (Å²) in [6.45, 7) is 2.29. The number of benzene rings is 1. The molecule has 0 aliphatic carbocycles. The number of ether oxygens (including phenoxy) is 1. The van der Waals surface area contributed by atoms with E-state index in [4.69, 9.17) is 4.74 Å². The molecule has 0 spiro atoms. The quantitative estimate of drug-likeness (QED) is 0.730. The van der Waals surface area contributed by atoms with E-state index in [-0.39, 0.29) is 0 Å². The van der Waals surface area contributed by atoms with Crippen LogP contribution in [0, 0.1) is 0 Å². The second-order valence-electron chi connectivity index (χ2n) is 5.03. The Kier molecular flexibility index (Phi) is 4.61. The fourth-order valence-electron chi connectivity index (χ4n) is 2.37. The molecule has 0 aliphatic rings. The van der Waals surface area contributed by atoms with E-state index < -0.39 is 16.9 Å². The molecule has 1 atom stereocenters. The molecule has 1 amide bonds. The highest BCUT2D eigenvalue weighted by atomic mass is 32.2. The number of amides is 1. The monoisotopic (exact) mass is 343 g/mol. The minimum absolute atomic E-state index is 0.444. The van der Waals surface area contributed by atoms with Crippen molar-refractivity contribution in [2.24, 2.45) is 0 Å². The molecular weight excluding hydrogens is 326 g/mol. The molecule has 24 heavy (non-hydrogen) atoms. The Balaban J connectivity index is 1.97. The lowest BCUT2D eigenvalue weighted by atomic mass is 10.4. The van der Waals surface area contributed by atoms with Crippen LogP contribution in [0.15, 0.2) is 64.6 Å². The van der Waals surface area contributed by atoms with Gasteiger partial charge in [-0.3, -0.25) is 4.90 Å². The van der Waals surface area contributed by atoms with Crippen LogP contribution in [0.3, 0.4) is 0 Å². The molecule has 124 valence electrons. The number of carbonyl (C=O) groups is 1. The maximum absolute atomic E-state index is 12.6. The van der Waals surface area contributed by atoms with Crippen LogP contribution >= 0.6 is 0 Å². The number of anilines is 1. The van der Waals surface area contributed by atoms with Crippen LogP contribution in [0.4, 0.5) is 10.6 Å². The second-order valence-corrected chi connectivity index (χ2v) is 6.51. The van der Waals surface area contributed by atoms with E-state index in [1.54, 1.807) is 28.9 Å². The van der Waals surface area contributed by atoms with E-state index in [2.05, 4.69) is 4.98 Å². The van der Waals surface area contributed by atoms with Gasteiger partial charge in [0.25, 0.3) is 0 Å². The average molecular weight is 343 g/mol. The molecule has 6 nitrogen and oxygen atoms in total. The minimum Gasteiger partial charge on any atom is -0.452 e. The minimum atomic E-state index is -1.27. The van der Waals surface area contributed by atoms with E-state index in [0.29, 0.717) is 22.9 Å². The first-order valence-corrected chi connectivity index (χ1v) is 8.60. The summed E-state index contributed by atoms with van der Waals surface area (Å²) in [5, 5.41) is 0. The predicted octanol–water partition coefficient (Wildman–Crippen LogP) is 3.09. The normalized spacial score (nSPS) is 12.1.